The molecule has 1 aromatic heterocycles. The van der Waals surface area contributed by atoms with Crippen LogP contribution in [0, 0.1) is 17.2 Å². The summed E-state index contributed by atoms with van der Waals surface area (Å²) in [7, 11) is -3.33. The Labute approximate surface area is 214 Å². The highest BCUT2D eigenvalue weighted by molar-refractivity contribution is 7.90. The van der Waals surface area contributed by atoms with E-state index in [1.807, 2.05) is 6.92 Å². The van der Waals surface area contributed by atoms with Gasteiger partial charge in [-0.3, -0.25) is 14.6 Å². The maximum absolute atomic E-state index is 13.6. The first-order valence-electron chi connectivity index (χ1n) is 11.7. The number of pyridine rings is 1. The van der Waals surface area contributed by atoms with Gasteiger partial charge in [0.15, 0.2) is 16.4 Å². The third-order valence-corrected chi connectivity index (χ3v) is 8.92. The van der Waals surface area contributed by atoms with E-state index in [0.717, 1.165) is 12.3 Å². The largest absolute Gasteiger partial charge is 0.484 e. The van der Waals surface area contributed by atoms with E-state index in [1.54, 1.807) is 6.07 Å². The molecule has 0 spiro atoms. The smallest absolute Gasteiger partial charge is 0.258 e. The van der Waals surface area contributed by atoms with Crippen molar-refractivity contribution in [2.75, 3.05) is 12.9 Å². The summed E-state index contributed by atoms with van der Waals surface area (Å²) in [4.78, 5) is 30.1. The third-order valence-electron chi connectivity index (χ3n) is 7.51. The van der Waals surface area contributed by atoms with Crippen LogP contribution in [0.2, 0.25) is 5.02 Å². The van der Waals surface area contributed by atoms with Gasteiger partial charge in [0.25, 0.3) is 5.91 Å². The first kappa shape index (κ1) is 26.3. The van der Waals surface area contributed by atoms with E-state index in [2.05, 4.69) is 15.6 Å². The Morgan fingerprint density at radius 3 is 2.50 bits per heavy atom. The SMILES string of the molecule is CC1CC2(NC(=O)COc3ccc(Cl)c(F)c3)CCC1(C(=O)NCc1ccc(S(C)(=O)=O)cn1)CC2. The van der Waals surface area contributed by atoms with Gasteiger partial charge >= 0.3 is 0 Å². The summed E-state index contributed by atoms with van der Waals surface area (Å²) < 4.78 is 42.2. The second-order valence-electron chi connectivity index (χ2n) is 9.89. The summed E-state index contributed by atoms with van der Waals surface area (Å²) in [5.74, 6) is -0.678. The van der Waals surface area contributed by atoms with E-state index >= 15 is 0 Å². The van der Waals surface area contributed by atoms with Crippen LogP contribution >= 0.6 is 11.6 Å². The fraction of sp³-hybridized carbons (Fsp3) is 0.480. The van der Waals surface area contributed by atoms with Crippen molar-refractivity contribution in [3.05, 3.63) is 53.1 Å². The second kappa shape index (κ2) is 9.97. The summed E-state index contributed by atoms with van der Waals surface area (Å²) in [5.41, 5.74) is -0.333. The first-order chi connectivity index (χ1) is 16.9. The van der Waals surface area contributed by atoms with Crippen LogP contribution < -0.4 is 15.4 Å². The van der Waals surface area contributed by atoms with E-state index < -0.39 is 26.6 Å². The lowest BCUT2D eigenvalue weighted by Gasteiger charge is -2.56. The number of hydrogen-bond donors (Lipinski definition) is 2. The molecule has 3 aliphatic carbocycles. The summed E-state index contributed by atoms with van der Waals surface area (Å²) in [5, 5.41) is 6.06. The minimum atomic E-state index is -3.33. The molecule has 0 saturated heterocycles. The molecule has 11 heteroatoms. The zero-order valence-corrected chi connectivity index (χ0v) is 21.7. The zero-order chi connectivity index (χ0) is 26.1. The Morgan fingerprint density at radius 1 is 1.19 bits per heavy atom. The van der Waals surface area contributed by atoms with Crippen LogP contribution in [-0.2, 0) is 26.0 Å². The molecule has 2 aromatic rings. The van der Waals surface area contributed by atoms with Gasteiger partial charge in [-0.1, -0.05) is 18.5 Å². The molecule has 1 aromatic carbocycles. The highest BCUT2D eigenvalue weighted by Crippen LogP contribution is 2.55. The zero-order valence-electron chi connectivity index (χ0n) is 20.1. The predicted octanol–water partition coefficient (Wildman–Crippen LogP) is 3.43. The summed E-state index contributed by atoms with van der Waals surface area (Å²) in [6.45, 7) is 2.00. The normalized spacial score (nSPS) is 25.3. The van der Waals surface area contributed by atoms with Crippen molar-refractivity contribution in [3.63, 3.8) is 0 Å². The number of carbonyl (C=O) groups excluding carboxylic acids is 2. The van der Waals surface area contributed by atoms with Gasteiger partial charge < -0.3 is 15.4 Å². The highest BCUT2D eigenvalue weighted by Gasteiger charge is 2.56. The number of aromatic nitrogens is 1. The van der Waals surface area contributed by atoms with Crippen LogP contribution in [-0.4, -0.2) is 43.6 Å². The Morgan fingerprint density at radius 2 is 1.92 bits per heavy atom. The number of fused-ring (bicyclic) bond motifs is 3. The van der Waals surface area contributed by atoms with Crippen molar-refractivity contribution in [2.24, 2.45) is 11.3 Å². The molecule has 5 rings (SSSR count). The molecular formula is C25H29ClFN3O5S. The van der Waals surface area contributed by atoms with Gasteiger partial charge in [0.2, 0.25) is 5.91 Å². The van der Waals surface area contributed by atoms with E-state index in [0.29, 0.717) is 37.8 Å². The second-order valence-corrected chi connectivity index (χ2v) is 12.3. The summed E-state index contributed by atoms with van der Waals surface area (Å²) >= 11 is 5.67. The van der Waals surface area contributed by atoms with E-state index in [-0.39, 0.29) is 46.6 Å². The molecule has 0 radical (unpaired) electrons. The Bertz CT molecular complexity index is 1260. The minimum absolute atomic E-state index is 0.0160. The fourth-order valence-electron chi connectivity index (χ4n) is 5.41. The average molecular weight is 538 g/mol. The number of halogens is 2. The minimum Gasteiger partial charge on any atom is -0.484 e. The Kier molecular flexibility index (Phi) is 7.30. The number of rotatable bonds is 8. The van der Waals surface area contributed by atoms with Gasteiger partial charge in [-0.15, -0.1) is 0 Å². The van der Waals surface area contributed by atoms with Crippen LogP contribution in [0.15, 0.2) is 41.4 Å². The molecule has 1 heterocycles. The molecule has 1 atom stereocenters. The quantitative estimate of drug-likeness (QED) is 0.533. The van der Waals surface area contributed by atoms with Crippen LogP contribution in [0.1, 0.15) is 44.7 Å². The van der Waals surface area contributed by atoms with Crippen LogP contribution in [0.25, 0.3) is 0 Å². The topological polar surface area (TPSA) is 114 Å². The number of hydrogen-bond acceptors (Lipinski definition) is 6. The first-order valence-corrected chi connectivity index (χ1v) is 14.0. The average Bonchev–Trinajstić information content (AvgIpc) is 2.83. The molecule has 2 amide bonds. The van der Waals surface area contributed by atoms with Gasteiger partial charge in [-0.25, -0.2) is 12.8 Å². The lowest BCUT2D eigenvalue weighted by molar-refractivity contribution is -0.146. The molecule has 194 valence electrons. The van der Waals surface area contributed by atoms with Crippen molar-refractivity contribution >= 4 is 33.3 Å². The van der Waals surface area contributed by atoms with Crippen molar-refractivity contribution in [1.29, 1.82) is 0 Å². The summed E-state index contributed by atoms with van der Waals surface area (Å²) in [6.07, 6.45) is 5.72. The number of ether oxygens (including phenoxy) is 1. The molecule has 0 aliphatic heterocycles. The van der Waals surface area contributed by atoms with Crippen LogP contribution in [0.4, 0.5) is 4.39 Å². The van der Waals surface area contributed by atoms with Crippen LogP contribution in [0.3, 0.4) is 0 Å². The number of nitrogens with zero attached hydrogens (tertiary/aromatic N) is 1. The maximum Gasteiger partial charge on any atom is 0.258 e. The number of carbonyl (C=O) groups is 2. The Hall–Kier alpha value is -2.72. The standard InChI is InChI=1S/C25H29ClFN3O5S/c1-16-12-24(30-22(31)15-35-18-4-6-20(26)21(27)11-18)7-9-25(16,10-8-24)23(32)29-13-17-3-5-19(14-28-17)36(2,33)34/h3-6,11,14,16H,7-10,12-13,15H2,1-2H3,(H,29,32)(H,30,31). The van der Waals surface area contributed by atoms with Crippen LogP contribution in [0.5, 0.6) is 5.75 Å². The molecular weight excluding hydrogens is 509 g/mol. The van der Waals surface area contributed by atoms with Crippen molar-refractivity contribution < 1.29 is 27.1 Å². The Balaban J connectivity index is 1.31. The lowest BCUT2D eigenvalue weighted by atomic mass is 9.52. The number of amides is 2. The lowest BCUT2D eigenvalue weighted by Crippen LogP contribution is -2.63. The van der Waals surface area contributed by atoms with Crippen molar-refractivity contribution in [3.8, 4) is 5.75 Å². The van der Waals surface area contributed by atoms with E-state index in [9.17, 15) is 22.4 Å². The van der Waals surface area contributed by atoms with Gasteiger partial charge in [-0.2, -0.15) is 0 Å². The monoisotopic (exact) mass is 537 g/mol. The molecule has 3 fully saturated rings. The highest BCUT2D eigenvalue weighted by atomic mass is 35.5. The van der Waals surface area contributed by atoms with Crippen molar-refractivity contribution in [1.82, 2.24) is 15.6 Å². The van der Waals surface area contributed by atoms with Gasteiger partial charge in [-0.05, 0) is 62.3 Å². The number of nitrogens with one attached hydrogen (secondary N) is 2. The molecule has 3 saturated carbocycles. The third kappa shape index (κ3) is 5.49. The van der Waals surface area contributed by atoms with Gasteiger partial charge in [0, 0.05) is 24.1 Å². The number of sulfone groups is 1. The number of benzene rings is 1. The molecule has 2 bridgehead atoms. The van der Waals surface area contributed by atoms with E-state index in [1.165, 1.54) is 24.4 Å². The van der Waals surface area contributed by atoms with E-state index in [4.69, 9.17) is 16.3 Å². The van der Waals surface area contributed by atoms with Crippen molar-refractivity contribution in [2.45, 2.75) is 56.0 Å². The molecule has 1 unspecified atom stereocenters. The fourth-order valence-corrected chi connectivity index (χ4v) is 6.09. The maximum atomic E-state index is 13.6. The van der Waals surface area contributed by atoms with Gasteiger partial charge in [0.05, 0.1) is 27.6 Å². The summed E-state index contributed by atoms with van der Waals surface area (Å²) in [6, 6.07) is 7.09. The molecule has 8 nitrogen and oxygen atoms in total. The molecule has 36 heavy (non-hydrogen) atoms. The molecule has 3 aliphatic rings. The predicted molar refractivity (Wildman–Crippen MR) is 132 cm³/mol. The molecule has 2 N–H and O–H groups in total. The van der Waals surface area contributed by atoms with Gasteiger partial charge in [0.1, 0.15) is 11.6 Å².